The molecule has 0 saturated carbocycles. The summed E-state index contributed by atoms with van der Waals surface area (Å²) >= 11 is 0. The predicted molar refractivity (Wildman–Crippen MR) is 95.5 cm³/mol. The Morgan fingerprint density at radius 2 is 2.00 bits per heavy atom. The number of piperazine rings is 1. The van der Waals surface area contributed by atoms with Crippen LogP contribution in [-0.2, 0) is 4.79 Å². The summed E-state index contributed by atoms with van der Waals surface area (Å²) < 4.78 is 1.54. The maximum absolute atomic E-state index is 12.7. The Labute approximate surface area is 151 Å². The molecule has 0 bridgehead atoms. The van der Waals surface area contributed by atoms with Crippen molar-refractivity contribution in [2.45, 2.75) is 12.8 Å². The van der Waals surface area contributed by atoms with Crippen LogP contribution in [0.1, 0.15) is 23.5 Å². The normalized spacial score (nSPS) is 20.6. The predicted octanol–water partition coefficient (Wildman–Crippen LogP) is 1.39. The van der Waals surface area contributed by atoms with Crippen molar-refractivity contribution in [3.63, 3.8) is 0 Å². The summed E-state index contributed by atoms with van der Waals surface area (Å²) in [5, 5.41) is 9.74. The number of para-hydroxylation sites is 2. The van der Waals surface area contributed by atoms with Gasteiger partial charge >= 0.3 is 0 Å². The molecule has 0 radical (unpaired) electrons. The fraction of sp³-hybridized carbons (Fsp3) is 0.368. The minimum atomic E-state index is -0.536. The van der Waals surface area contributed by atoms with Crippen LogP contribution in [0.15, 0.2) is 35.9 Å². The van der Waals surface area contributed by atoms with Crippen LogP contribution in [0, 0.1) is 11.3 Å². The van der Waals surface area contributed by atoms with Gasteiger partial charge in [-0.3, -0.25) is 19.1 Å². The summed E-state index contributed by atoms with van der Waals surface area (Å²) in [7, 11) is 0. The first-order valence-corrected chi connectivity index (χ1v) is 8.68. The van der Waals surface area contributed by atoms with Crippen molar-refractivity contribution in [3.8, 4) is 6.07 Å². The van der Waals surface area contributed by atoms with Gasteiger partial charge < -0.3 is 4.90 Å². The Kier molecular flexibility index (Phi) is 4.05. The number of hydrogen-bond acceptors (Lipinski definition) is 5. The van der Waals surface area contributed by atoms with Gasteiger partial charge in [-0.1, -0.05) is 12.1 Å². The van der Waals surface area contributed by atoms with Crippen molar-refractivity contribution in [2.75, 3.05) is 32.7 Å². The summed E-state index contributed by atoms with van der Waals surface area (Å²) in [4.78, 5) is 32.7. The van der Waals surface area contributed by atoms with Crippen molar-refractivity contribution < 1.29 is 9.59 Å². The highest BCUT2D eigenvalue weighted by atomic mass is 16.2. The topological polar surface area (TPSA) is 82.2 Å². The van der Waals surface area contributed by atoms with E-state index in [2.05, 4.69) is 16.0 Å². The number of benzene rings is 1. The number of rotatable bonds is 2. The Bertz CT molecular complexity index is 960. The van der Waals surface area contributed by atoms with E-state index in [1.165, 1.54) is 0 Å². The Morgan fingerprint density at radius 1 is 1.27 bits per heavy atom. The molecule has 2 aliphatic rings. The molecule has 7 nitrogen and oxygen atoms in total. The minimum Gasteiger partial charge on any atom is -0.340 e. The fourth-order valence-corrected chi connectivity index (χ4v) is 3.70. The number of fused-ring (bicyclic) bond motifs is 3. The second kappa shape index (κ2) is 6.39. The number of nitrogens with zero attached hydrogens (tertiary/aromatic N) is 5. The van der Waals surface area contributed by atoms with E-state index in [1.54, 1.807) is 17.6 Å². The molecule has 1 saturated heterocycles. The maximum Gasteiger partial charge on any atom is 0.256 e. The van der Waals surface area contributed by atoms with Crippen LogP contribution >= 0.6 is 0 Å². The lowest BCUT2D eigenvalue weighted by Gasteiger charge is -2.35. The molecule has 1 atom stereocenters. The molecule has 3 heterocycles. The first kappa shape index (κ1) is 16.5. The van der Waals surface area contributed by atoms with Gasteiger partial charge in [0.15, 0.2) is 0 Å². The molecule has 4 rings (SSSR count). The monoisotopic (exact) mass is 349 g/mol. The molecular formula is C19H19N5O2. The highest BCUT2D eigenvalue weighted by Crippen LogP contribution is 2.31. The summed E-state index contributed by atoms with van der Waals surface area (Å²) in [6.45, 7) is 4.94. The highest BCUT2D eigenvalue weighted by molar-refractivity contribution is 5.99. The third kappa shape index (κ3) is 2.68. The summed E-state index contributed by atoms with van der Waals surface area (Å²) in [5.41, 5.74) is 2.23. The number of aromatic nitrogens is 2. The van der Waals surface area contributed by atoms with E-state index >= 15 is 0 Å². The van der Waals surface area contributed by atoms with Crippen LogP contribution in [0.2, 0.25) is 0 Å². The number of allylic oxidation sites excluding steroid dienone is 1. The molecular weight excluding hydrogens is 330 g/mol. The molecule has 1 unspecified atom stereocenters. The fourth-order valence-electron chi connectivity index (χ4n) is 3.70. The lowest BCUT2D eigenvalue weighted by molar-refractivity contribution is -0.130. The van der Waals surface area contributed by atoms with Crippen molar-refractivity contribution in [3.05, 3.63) is 41.7 Å². The number of imidazole rings is 1. The van der Waals surface area contributed by atoms with E-state index in [1.807, 2.05) is 29.2 Å². The molecule has 2 aliphatic heterocycles. The third-order valence-electron chi connectivity index (χ3n) is 5.10. The van der Waals surface area contributed by atoms with E-state index < -0.39 is 5.92 Å². The second-order valence-corrected chi connectivity index (χ2v) is 6.70. The van der Waals surface area contributed by atoms with E-state index in [0.29, 0.717) is 25.5 Å². The summed E-state index contributed by atoms with van der Waals surface area (Å²) in [6, 6.07) is 9.74. The molecule has 0 aliphatic carbocycles. The third-order valence-corrected chi connectivity index (χ3v) is 5.10. The van der Waals surface area contributed by atoms with Crippen LogP contribution in [0.4, 0.5) is 0 Å². The highest BCUT2D eigenvalue weighted by Gasteiger charge is 2.32. The first-order valence-electron chi connectivity index (χ1n) is 8.68. The zero-order valence-electron chi connectivity index (χ0n) is 14.6. The molecule has 2 aromatic rings. The smallest absolute Gasteiger partial charge is 0.256 e. The van der Waals surface area contributed by atoms with E-state index in [-0.39, 0.29) is 11.8 Å². The minimum absolute atomic E-state index is 0.0836. The van der Waals surface area contributed by atoms with Gasteiger partial charge in [-0.25, -0.2) is 4.98 Å². The van der Waals surface area contributed by atoms with Crippen LogP contribution in [-0.4, -0.2) is 63.9 Å². The first-order chi connectivity index (χ1) is 12.6. The average Bonchev–Trinajstić information content (AvgIpc) is 3.02. The zero-order chi connectivity index (χ0) is 18.3. The maximum atomic E-state index is 12.7. The zero-order valence-corrected chi connectivity index (χ0v) is 14.6. The molecule has 0 N–H and O–H groups in total. The SMILES string of the molecule is CC(=O)N1CCN(CC2=CC(=O)n3c(nc4ccccc43)C2C#N)CC1. The average molecular weight is 349 g/mol. The van der Waals surface area contributed by atoms with Crippen LogP contribution in [0.3, 0.4) is 0 Å². The van der Waals surface area contributed by atoms with Crippen molar-refractivity contribution in [1.82, 2.24) is 19.4 Å². The largest absolute Gasteiger partial charge is 0.340 e. The second-order valence-electron chi connectivity index (χ2n) is 6.70. The lowest BCUT2D eigenvalue weighted by Crippen LogP contribution is -2.48. The number of carbonyl (C=O) groups is 2. The summed E-state index contributed by atoms with van der Waals surface area (Å²) in [5.74, 6) is -0.109. The molecule has 132 valence electrons. The van der Waals surface area contributed by atoms with Gasteiger partial charge in [-0.2, -0.15) is 5.26 Å². The lowest BCUT2D eigenvalue weighted by atomic mass is 9.95. The van der Waals surface area contributed by atoms with Gasteiger partial charge in [-0.15, -0.1) is 0 Å². The molecule has 26 heavy (non-hydrogen) atoms. The standard InChI is InChI=1S/C19H19N5O2/c1-13(25)23-8-6-22(7-9-23)12-14-10-18(26)24-17-5-3-2-4-16(17)21-19(24)15(14)11-20/h2-5,10,15H,6-9,12H2,1H3. The van der Waals surface area contributed by atoms with E-state index in [9.17, 15) is 14.9 Å². The van der Waals surface area contributed by atoms with Crippen LogP contribution < -0.4 is 0 Å². The van der Waals surface area contributed by atoms with Gasteiger partial charge in [0.1, 0.15) is 11.7 Å². The Balaban J connectivity index is 1.60. The van der Waals surface area contributed by atoms with Gasteiger partial charge in [0, 0.05) is 45.7 Å². The Hall–Kier alpha value is -2.98. The van der Waals surface area contributed by atoms with Crippen LogP contribution in [0.25, 0.3) is 11.0 Å². The van der Waals surface area contributed by atoms with Gasteiger partial charge in [-0.05, 0) is 17.7 Å². The van der Waals surface area contributed by atoms with Crippen molar-refractivity contribution >= 4 is 22.8 Å². The molecule has 1 fully saturated rings. The van der Waals surface area contributed by atoms with Gasteiger partial charge in [0.2, 0.25) is 5.91 Å². The number of nitriles is 1. The summed E-state index contributed by atoms with van der Waals surface area (Å²) in [6.07, 6.45) is 1.58. The van der Waals surface area contributed by atoms with Gasteiger partial charge in [0.25, 0.3) is 5.91 Å². The van der Waals surface area contributed by atoms with E-state index in [4.69, 9.17) is 0 Å². The molecule has 7 heteroatoms. The van der Waals surface area contributed by atoms with Crippen molar-refractivity contribution in [1.29, 1.82) is 5.26 Å². The van der Waals surface area contributed by atoms with Crippen molar-refractivity contribution in [2.24, 2.45) is 0 Å². The number of amides is 1. The number of hydrogen-bond donors (Lipinski definition) is 0. The molecule has 0 spiro atoms. The Morgan fingerprint density at radius 3 is 2.69 bits per heavy atom. The molecule has 1 aromatic heterocycles. The molecule has 1 aromatic carbocycles. The number of carbonyl (C=O) groups excluding carboxylic acids is 2. The quantitative estimate of drug-likeness (QED) is 0.818. The molecule has 1 amide bonds. The van der Waals surface area contributed by atoms with E-state index in [0.717, 1.165) is 29.7 Å². The van der Waals surface area contributed by atoms with Crippen LogP contribution in [0.5, 0.6) is 0 Å². The van der Waals surface area contributed by atoms with Gasteiger partial charge in [0.05, 0.1) is 17.1 Å².